The van der Waals surface area contributed by atoms with E-state index in [4.69, 9.17) is 4.74 Å². The van der Waals surface area contributed by atoms with E-state index in [1.807, 2.05) is 43.0 Å². The molecule has 1 aliphatic rings. The zero-order chi connectivity index (χ0) is 27.8. The quantitative estimate of drug-likeness (QED) is 0.421. The van der Waals surface area contributed by atoms with Crippen LogP contribution in [0.5, 0.6) is 5.75 Å². The Balaban J connectivity index is 1.60. The van der Waals surface area contributed by atoms with Crippen LogP contribution < -0.4 is 15.6 Å². The number of nitrogens with zero attached hydrogens (tertiary/aromatic N) is 2. The van der Waals surface area contributed by atoms with Gasteiger partial charge in [-0.25, -0.2) is 8.78 Å². The van der Waals surface area contributed by atoms with Gasteiger partial charge >= 0.3 is 0 Å². The number of H-pyrrole nitrogens is 1. The number of aryl methyl sites for hydroxylation is 1. The first-order valence-electron chi connectivity index (χ1n) is 13.2. The number of ether oxygens (including phenoxy) is 1. The summed E-state index contributed by atoms with van der Waals surface area (Å²) in [5, 5.41) is 3.76. The second kappa shape index (κ2) is 10.9. The average molecular weight is 529 g/mol. The second-order valence-electron chi connectivity index (χ2n) is 10.8. The van der Waals surface area contributed by atoms with Gasteiger partial charge in [-0.05, 0) is 65.1 Å². The fraction of sp³-hybridized carbons (Fsp3) is 0.517. The summed E-state index contributed by atoms with van der Waals surface area (Å²) in [6.07, 6.45) is 1.62. The molecule has 2 aromatic heterocycles. The molecule has 1 fully saturated rings. The van der Waals surface area contributed by atoms with Crippen molar-refractivity contribution in [2.75, 3.05) is 20.2 Å². The van der Waals surface area contributed by atoms with Gasteiger partial charge in [0, 0.05) is 41.3 Å². The van der Waals surface area contributed by atoms with Crippen molar-refractivity contribution in [2.45, 2.75) is 72.0 Å². The number of carbonyl (C=O) groups excluding carboxylic acids is 1. The summed E-state index contributed by atoms with van der Waals surface area (Å²) < 4.78 is 34.9. The monoisotopic (exact) mass is 528 g/mol. The molecule has 1 amide bonds. The summed E-state index contributed by atoms with van der Waals surface area (Å²) in [6.45, 7) is 9.30. The molecule has 0 saturated carbocycles. The van der Waals surface area contributed by atoms with Crippen molar-refractivity contribution in [1.29, 1.82) is 0 Å². The van der Waals surface area contributed by atoms with E-state index in [-0.39, 0.29) is 42.6 Å². The molecule has 2 N–H and O–H groups in total. The number of rotatable bonds is 8. The first-order chi connectivity index (χ1) is 17.9. The second-order valence-corrected chi connectivity index (χ2v) is 10.8. The Labute approximate surface area is 222 Å². The third-order valence-corrected chi connectivity index (χ3v) is 7.88. The number of benzene rings is 1. The molecule has 9 heteroatoms. The van der Waals surface area contributed by atoms with Gasteiger partial charge < -0.3 is 19.6 Å². The fourth-order valence-corrected chi connectivity index (χ4v) is 5.99. The van der Waals surface area contributed by atoms with Crippen LogP contribution in [0, 0.1) is 19.8 Å². The normalized spacial score (nSPS) is 19.5. The van der Waals surface area contributed by atoms with Crippen molar-refractivity contribution < 1.29 is 18.3 Å². The van der Waals surface area contributed by atoms with Crippen LogP contribution in [0.2, 0.25) is 0 Å². The Morgan fingerprint density at radius 2 is 2.00 bits per heavy atom. The highest BCUT2D eigenvalue weighted by Gasteiger charge is 2.35. The van der Waals surface area contributed by atoms with Gasteiger partial charge in [-0.3, -0.25) is 14.5 Å². The van der Waals surface area contributed by atoms with E-state index < -0.39 is 5.92 Å². The number of hydrogen-bond donors (Lipinski definition) is 2. The van der Waals surface area contributed by atoms with Crippen LogP contribution in [0.25, 0.3) is 10.9 Å². The number of piperidine rings is 1. The third kappa shape index (κ3) is 5.62. The lowest BCUT2D eigenvalue weighted by molar-refractivity contribution is -0.0384. The lowest BCUT2D eigenvalue weighted by Gasteiger charge is -2.41. The van der Waals surface area contributed by atoms with Gasteiger partial charge in [-0.1, -0.05) is 18.2 Å². The third-order valence-electron chi connectivity index (χ3n) is 7.88. The van der Waals surface area contributed by atoms with E-state index >= 15 is 0 Å². The number of halogens is 2. The Bertz CT molecular complexity index is 1370. The van der Waals surface area contributed by atoms with Gasteiger partial charge in [0.2, 0.25) is 0 Å². The van der Waals surface area contributed by atoms with E-state index in [1.54, 1.807) is 13.0 Å². The maximum Gasteiger partial charge on any atom is 0.257 e. The molecule has 0 aliphatic carbocycles. The molecule has 0 spiro atoms. The maximum absolute atomic E-state index is 13.7. The Morgan fingerprint density at radius 3 is 2.66 bits per heavy atom. The highest BCUT2D eigenvalue weighted by atomic mass is 19.3. The van der Waals surface area contributed by atoms with Gasteiger partial charge in [-0.15, -0.1) is 0 Å². The zero-order valence-corrected chi connectivity index (χ0v) is 23.0. The molecule has 1 aromatic carbocycles. The van der Waals surface area contributed by atoms with Gasteiger partial charge in [-0.2, -0.15) is 0 Å². The Kier molecular flexibility index (Phi) is 7.97. The maximum atomic E-state index is 13.7. The molecule has 3 unspecified atom stereocenters. The van der Waals surface area contributed by atoms with E-state index in [2.05, 4.69) is 21.8 Å². The van der Waals surface area contributed by atoms with Crippen molar-refractivity contribution in [3.63, 3.8) is 0 Å². The molecule has 206 valence electrons. The van der Waals surface area contributed by atoms with E-state index in [1.165, 1.54) is 7.11 Å². The van der Waals surface area contributed by atoms with E-state index in [0.29, 0.717) is 29.1 Å². The van der Waals surface area contributed by atoms with Crippen LogP contribution >= 0.6 is 0 Å². The van der Waals surface area contributed by atoms with Gasteiger partial charge in [0.1, 0.15) is 5.75 Å². The van der Waals surface area contributed by atoms with Gasteiger partial charge in [0.15, 0.2) is 0 Å². The number of methoxy groups -OCH3 is 1. The predicted octanol–water partition coefficient (Wildman–Crippen LogP) is 5.20. The highest BCUT2D eigenvalue weighted by Crippen LogP contribution is 2.37. The van der Waals surface area contributed by atoms with Crippen LogP contribution in [0.15, 0.2) is 35.1 Å². The summed E-state index contributed by atoms with van der Waals surface area (Å²) >= 11 is 0. The molecular formula is C29H38F2N4O3. The van der Waals surface area contributed by atoms with Crippen molar-refractivity contribution in [3.8, 4) is 5.75 Å². The molecule has 7 nitrogen and oxygen atoms in total. The molecule has 0 radical (unpaired) electrons. The van der Waals surface area contributed by atoms with Crippen LogP contribution in [0.1, 0.15) is 67.0 Å². The number of likely N-dealkylation sites (tertiary alicyclic amines) is 1. The number of hydrogen-bond acceptors (Lipinski definition) is 4. The molecule has 1 aliphatic heterocycles. The topological polar surface area (TPSA) is 79.4 Å². The first-order valence-corrected chi connectivity index (χ1v) is 13.2. The Morgan fingerprint density at radius 1 is 1.29 bits per heavy atom. The number of carbonyl (C=O) groups is 1. The van der Waals surface area contributed by atoms with Crippen LogP contribution in [0.3, 0.4) is 0 Å². The number of aromatic nitrogens is 2. The number of para-hydroxylation sites is 1. The molecule has 38 heavy (non-hydrogen) atoms. The predicted molar refractivity (Wildman–Crippen MR) is 145 cm³/mol. The number of aromatic amines is 1. The lowest BCUT2D eigenvalue weighted by atomic mass is 9.86. The summed E-state index contributed by atoms with van der Waals surface area (Å²) in [7, 11) is 1.50. The van der Waals surface area contributed by atoms with Crippen LogP contribution in [-0.2, 0) is 6.54 Å². The minimum Gasteiger partial charge on any atom is -0.496 e. The van der Waals surface area contributed by atoms with E-state index in [9.17, 15) is 18.4 Å². The Hall–Kier alpha value is -3.20. The summed E-state index contributed by atoms with van der Waals surface area (Å²) in [6, 6.07) is 9.68. The minimum absolute atomic E-state index is 0.0319. The SMILES string of the molecule is COc1cc(C)[nH]c(=O)c1CNC(=O)c1c(C)n(C(C)C2CCN(CC(C)(F)F)C(C)C2)c2ccccc12. The van der Waals surface area contributed by atoms with Crippen molar-refractivity contribution in [3.05, 3.63) is 63.2 Å². The average Bonchev–Trinajstić information content (AvgIpc) is 3.14. The minimum atomic E-state index is -2.71. The number of alkyl halides is 2. The van der Waals surface area contributed by atoms with Crippen LogP contribution in [0.4, 0.5) is 8.78 Å². The van der Waals surface area contributed by atoms with Crippen molar-refractivity contribution in [1.82, 2.24) is 19.8 Å². The highest BCUT2D eigenvalue weighted by molar-refractivity contribution is 6.08. The molecule has 0 bridgehead atoms. The van der Waals surface area contributed by atoms with Crippen LogP contribution in [-0.4, -0.2) is 52.5 Å². The summed E-state index contributed by atoms with van der Waals surface area (Å²) in [5.74, 6) is -2.26. The molecule has 1 saturated heterocycles. The zero-order valence-electron chi connectivity index (χ0n) is 23.0. The van der Waals surface area contributed by atoms with E-state index in [0.717, 1.165) is 36.4 Å². The molecule has 4 rings (SSSR count). The summed E-state index contributed by atoms with van der Waals surface area (Å²) in [4.78, 5) is 30.7. The molecular weight excluding hydrogens is 490 g/mol. The number of nitrogens with one attached hydrogen (secondary N) is 2. The molecule has 3 atom stereocenters. The van der Waals surface area contributed by atoms with Crippen molar-refractivity contribution >= 4 is 16.8 Å². The summed E-state index contributed by atoms with van der Waals surface area (Å²) in [5.41, 5.74) is 3.13. The molecule has 3 heterocycles. The lowest BCUT2D eigenvalue weighted by Crippen LogP contribution is -2.47. The smallest absolute Gasteiger partial charge is 0.257 e. The number of pyridine rings is 1. The van der Waals surface area contributed by atoms with Crippen molar-refractivity contribution in [2.24, 2.45) is 5.92 Å². The standard InChI is InChI=1S/C29H38F2N4O3/c1-17-13-25(38-6)23(27(36)33-17)15-32-28(37)26-20(4)35(24-10-8-7-9-22(24)26)19(3)21-11-12-34(18(2)14-21)16-29(5,30)31/h7-10,13,18-19,21H,11-12,14-16H2,1-6H3,(H,32,37)(H,33,36). The number of amides is 1. The molecule has 3 aromatic rings. The first kappa shape index (κ1) is 27.8. The largest absolute Gasteiger partial charge is 0.496 e. The fourth-order valence-electron chi connectivity index (χ4n) is 5.99. The van der Waals surface area contributed by atoms with Gasteiger partial charge in [0.05, 0.1) is 31.3 Å². The van der Waals surface area contributed by atoms with Gasteiger partial charge in [0.25, 0.3) is 17.4 Å². The number of fused-ring (bicyclic) bond motifs is 1.